The monoisotopic (exact) mass is 418 g/mol. The van der Waals surface area contributed by atoms with Gasteiger partial charge < -0.3 is 19.8 Å². The number of aliphatic carboxylic acids is 2. The second kappa shape index (κ2) is 12.1. The van der Waals surface area contributed by atoms with E-state index in [0.717, 1.165) is 52.2 Å². The summed E-state index contributed by atoms with van der Waals surface area (Å²) in [5, 5.41) is 14.8. The number of carbonyl (C=O) groups is 3. The van der Waals surface area contributed by atoms with Gasteiger partial charge in [-0.05, 0) is 31.2 Å². The number of amides is 1. The van der Waals surface area contributed by atoms with Gasteiger partial charge in [-0.3, -0.25) is 9.69 Å². The topological polar surface area (TPSA) is 107 Å². The summed E-state index contributed by atoms with van der Waals surface area (Å²) >= 11 is 0. The van der Waals surface area contributed by atoms with Crippen LogP contribution >= 0.6 is 0 Å². The summed E-state index contributed by atoms with van der Waals surface area (Å²) < 4.78 is 5.34. The molecule has 1 aromatic rings. The van der Waals surface area contributed by atoms with Crippen LogP contribution in [0.15, 0.2) is 30.3 Å². The van der Waals surface area contributed by atoms with E-state index in [0.29, 0.717) is 12.5 Å². The number of carboxylic acids is 2. The maximum absolute atomic E-state index is 12.4. The van der Waals surface area contributed by atoms with Crippen LogP contribution in [0.2, 0.25) is 0 Å². The Morgan fingerprint density at radius 2 is 1.70 bits per heavy atom. The van der Waals surface area contributed by atoms with Crippen LogP contribution < -0.4 is 0 Å². The fourth-order valence-electron chi connectivity index (χ4n) is 3.41. The lowest BCUT2D eigenvalue weighted by atomic mass is 9.95. The summed E-state index contributed by atoms with van der Waals surface area (Å²) in [7, 11) is 0. The van der Waals surface area contributed by atoms with Gasteiger partial charge in [-0.1, -0.05) is 42.0 Å². The highest BCUT2D eigenvalue weighted by molar-refractivity contribution is 6.27. The number of carbonyl (C=O) groups excluding carboxylic acids is 1. The lowest BCUT2D eigenvalue weighted by molar-refractivity contribution is -0.159. The molecule has 1 aromatic carbocycles. The summed E-state index contributed by atoms with van der Waals surface area (Å²) in [5.41, 5.74) is 2.56. The predicted molar refractivity (Wildman–Crippen MR) is 112 cm³/mol. The molecule has 0 spiro atoms. The average Bonchev–Trinajstić information content (AvgIpc) is 2.74. The third-order valence-electron chi connectivity index (χ3n) is 5.14. The molecule has 2 saturated heterocycles. The van der Waals surface area contributed by atoms with E-state index in [2.05, 4.69) is 48.2 Å². The second-order valence-electron chi connectivity index (χ2n) is 7.49. The van der Waals surface area contributed by atoms with Crippen molar-refractivity contribution in [2.45, 2.75) is 19.8 Å². The molecule has 2 heterocycles. The van der Waals surface area contributed by atoms with E-state index in [9.17, 15) is 4.79 Å². The number of rotatable bonds is 4. The molecule has 8 heteroatoms. The SMILES string of the molecule is Cc1cccc(/C=C/C2CCN(C(=O)CN3CCOCC3)CC2)c1.O=C(O)C(=O)O. The largest absolute Gasteiger partial charge is 0.473 e. The normalized spacial score (nSPS) is 18.0. The van der Waals surface area contributed by atoms with Crippen molar-refractivity contribution in [1.29, 1.82) is 0 Å². The minimum atomic E-state index is -1.82. The Kier molecular flexibility index (Phi) is 9.50. The first-order chi connectivity index (χ1) is 14.3. The van der Waals surface area contributed by atoms with Crippen LogP contribution in [0, 0.1) is 12.8 Å². The van der Waals surface area contributed by atoms with Crippen molar-refractivity contribution in [3.8, 4) is 0 Å². The van der Waals surface area contributed by atoms with Crippen molar-refractivity contribution in [2.75, 3.05) is 45.9 Å². The number of hydrogen-bond donors (Lipinski definition) is 2. The van der Waals surface area contributed by atoms with Gasteiger partial charge in [0.2, 0.25) is 5.91 Å². The molecule has 164 valence electrons. The number of morpholine rings is 1. The summed E-state index contributed by atoms with van der Waals surface area (Å²) in [6.45, 7) is 7.68. The number of hydrogen-bond acceptors (Lipinski definition) is 5. The van der Waals surface area contributed by atoms with E-state index in [1.54, 1.807) is 0 Å². The van der Waals surface area contributed by atoms with E-state index in [4.69, 9.17) is 24.5 Å². The number of nitrogens with zero attached hydrogens (tertiary/aromatic N) is 2. The predicted octanol–water partition coefficient (Wildman–Crippen LogP) is 1.73. The molecule has 3 rings (SSSR count). The Hall–Kier alpha value is -2.71. The third-order valence-corrected chi connectivity index (χ3v) is 5.14. The first-order valence-corrected chi connectivity index (χ1v) is 10.1. The van der Waals surface area contributed by atoms with E-state index in [1.807, 2.05) is 4.90 Å². The van der Waals surface area contributed by atoms with Gasteiger partial charge in [0.25, 0.3) is 0 Å². The highest BCUT2D eigenvalue weighted by Crippen LogP contribution is 2.20. The van der Waals surface area contributed by atoms with Crippen molar-refractivity contribution in [3.05, 3.63) is 41.5 Å². The second-order valence-corrected chi connectivity index (χ2v) is 7.49. The van der Waals surface area contributed by atoms with Gasteiger partial charge in [0.15, 0.2) is 0 Å². The van der Waals surface area contributed by atoms with Crippen LogP contribution in [0.25, 0.3) is 6.08 Å². The van der Waals surface area contributed by atoms with Gasteiger partial charge in [0.1, 0.15) is 0 Å². The molecular weight excluding hydrogens is 388 g/mol. The number of carboxylic acid groups (broad SMARTS) is 2. The summed E-state index contributed by atoms with van der Waals surface area (Å²) in [4.78, 5) is 34.9. The molecule has 8 nitrogen and oxygen atoms in total. The Morgan fingerprint density at radius 3 is 2.27 bits per heavy atom. The minimum absolute atomic E-state index is 0.276. The molecule has 0 unspecified atom stereocenters. The first-order valence-electron chi connectivity index (χ1n) is 10.1. The highest BCUT2D eigenvalue weighted by atomic mass is 16.5. The highest BCUT2D eigenvalue weighted by Gasteiger charge is 2.23. The van der Waals surface area contributed by atoms with Crippen molar-refractivity contribution >= 4 is 23.9 Å². The molecule has 0 aliphatic carbocycles. The van der Waals surface area contributed by atoms with Gasteiger partial charge >= 0.3 is 11.9 Å². The lowest BCUT2D eigenvalue weighted by Crippen LogP contribution is -2.46. The van der Waals surface area contributed by atoms with Gasteiger partial charge in [0, 0.05) is 26.2 Å². The lowest BCUT2D eigenvalue weighted by Gasteiger charge is -2.33. The van der Waals surface area contributed by atoms with E-state index >= 15 is 0 Å². The molecule has 0 saturated carbocycles. The van der Waals surface area contributed by atoms with Crippen molar-refractivity contribution in [2.24, 2.45) is 5.92 Å². The van der Waals surface area contributed by atoms with Crippen LogP contribution in [0.4, 0.5) is 0 Å². The third kappa shape index (κ3) is 8.34. The average molecular weight is 418 g/mol. The van der Waals surface area contributed by atoms with Gasteiger partial charge in [0.05, 0.1) is 19.8 Å². The van der Waals surface area contributed by atoms with E-state index in [-0.39, 0.29) is 5.91 Å². The molecule has 2 fully saturated rings. The van der Waals surface area contributed by atoms with Crippen molar-refractivity contribution < 1.29 is 29.3 Å². The molecule has 1 amide bonds. The number of ether oxygens (including phenoxy) is 1. The Labute approximate surface area is 176 Å². The molecule has 2 N–H and O–H groups in total. The quantitative estimate of drug-likeness (QED) is 0.717. The Morgan fingerprint density at radius 1 is 1.07 bits per heavy atom. The van der Waals surface area contributed by atoms with Gasteiger partial charge in [-0.25, -0.2) is 9.59 Å². The zero-order valence-electron chi connectivity index (χ0n) is 17.3. The molecular formula is C22H30N2O6. The number of allylic oxidation sites excluding steroid dienone is 1. The van der Waals surface area contributed by atoms with Crippen LogP contribution in [0.3, 0.4) is 0 Å². The van der Waals surface area contributed by atoms with Crippen molar-refractivity contribution in [1.82, 2.24) is 9.80 Å². The number of likely N-dealkylation sites (tertiary alicyclic amines) is 1. The molecule has 0 radical (unpaired) electrons. The molecule has 0 aromatic heterocycles. The molecule has 2 aliphatic heterocycles. The number of aryl methyl sites for hydroxylation is 1. The Bertz CT molecular complexity index is 738. The zero-order valence-corrected chi connectivity index (χ0v) is 17.3. The summed E-state index contributed by atoms with van der Waals surface area (Å²) in [6.07, 6.45) is 6.68. The summed E-state index contributed by atoms with van der Waals surface area (Å²) in [5.74, 6) is -2.79. The zero-order chi connectivity index (χ0) is 21.9. The Balaban J connectivity index is 0.000000469. The van der Waals surface area contributed by atoms with Crippen LogP contribution in [0.5, 0.6) is 0 Å². The standard InChI is InChI=1S/C20H28N2O2.C2H2O4/c1-17-3-2-4-19(15-17)6-5-18-7-9-22(10-8-18)20(23)16-21-11-13-24-14-12-21;3-1(4)2(5)6/h2-6,15,18H,7-14,16H2,1H3;(H,3,4)(H,5,6)/b6-5+;. The fraction of sp³-hybridized carbons (Fsp3) is 0.500. The summed E-state index contributed by atoms with van der Waals surface area (Å²) in [6, 6.07) is 8.57. The van der Waals surface area contributed by atoms with Crippen LogP contribution in [0.1, 0.15) is 24.0 Å². The minimum Gasteiger partial charge on any atom is -0.473 e. The molecule has 0 bridgehead atoms. The molecule has 0 atom stereocenters. The smallest absolute Gasteiger partial charge is 0.414 e. The maximum Gasteiger partial charge on any atom is 0.414 e. The van der Waals surface area contributed by atoms with Gasteiger partial charge in [-0.15, -0.1) is 0 Å². The maximum atomic E-state index is 12.4. The first kappa shape index (κ1) is 23.6. The van der Waals surface area contributed by atoms with Gasteiger partial charge in [-0.2, -0.15) is 0 Å². The van der Waals surface area contributed by atoms with Crippen LogP contribution in [-0.4, -0.2) is 83.8 Å². The van der Waals surface area contributed by atoms with Crippen molar-refractivity contribution in [3.63, 3.8) is 0 Å². The number of benzene rings is 1. The van der Waals surface area contributed by atoms with E-state index < -0.39 is 11.9 Å². The van der Waals surface area contributed by atoms with Crippen LogP contribution in [-0.2, 0) is 19.1 Å². The molecule has 30 heavy (non-hydrogen) atoms. The molecule has 2 aliphatic rings. The fourth-order valence-corrected chi connectivity index (χ4v) is 3.41. The number of piperidine rings is 1. The van der Waals surface area contributed by atoms with E-state index in [1.165, 1.54) is 11.1 Å².